The molecule has 0 spiro atoms. The van der Waals surface area contributed by atoms with Crippen LogP contribution in [0.3, 0.4) is 0 Å². The molecule has 1 aromatic rings. The number of nitriles is 1. The molecule has 3 nitrogen and oxygen atoms in total. The summed E-state index contributed by atoms with van der Waals surface area (Å²) in [5, 5.41) is 12.4. The number of anilines is 1. The summed E-state index contributed by atoms with van der Waals surface area (Å²) in [6, 6.07) is 8.32. The van der Waals surface area contributed by atoms with Crippen LogP contribution in [0.4, 0.5) is 5.69 Å². The zero-order chi connectivity index (χ0) is 11.5. The molecule has 1 aliphatic heterocycles. The third-order valence-electron chi connectivity index (χ3n) is 3.17. The van der Waals surface area contributed by atoms with Gasteiger partial charge in [0.1, 0.15) is 0 Å². The van der Waals surface area contributed by atoms with Crippen molar-refractivity contribution in [1.82, 2.24) is 0 Å². The maximum Gasteiger partial charge on any atom is 0.0995 e. The molecule has 1 N–H and O–H groups in total. The lowest BCUT2D eigenvalue weighted by atomic mass is 10.1. The van der Waals surface area contributed by atoms with Crippen molar-refractivity contribution >= 4 is 5.69 Å². The molecule has 0 amide bonds. The Balaban J connectivity index is 2.19. The van der Waals surface area contributed by atoms with E-state index < -0.39 is 0 Å². The molecule has 1 aromatic carbocycles. The Bertz CT molecular complexity index is 422. The molecular formula is C13H16N2O. The summed E-state index contributed by atoms with van der Waals surface area (Å²) in [6.45, 7) is 4.87. The summed E-state index contributed by atoms with van der Waals surface area (Å²) >= 11 is 0. The number of rotatable bonds is 2. The monoisotopic (exact) mass is 216 g/mol. The highest BCUT2D eigenvalue weighted by molar-refractivity contribution is 5.58. The first-order valence-electron chi connectivity index (χ1n) is 5.60. The van der Waals surface area contributed by atoms with Crippen LogP contribution in [-0.4, -0.2) is 18.8 Å². The summed E-state index contributed by atoms with van der Waals surface area (Å²) in [5.74, 6) is 0. The first-order valence-corrected chi connectivity index (χ1v) is 5.60. The van der Waals surface area contributed by atoms with E-state index in [1.807, 2.05) is 25.1 Å². The lowest BCUT2D eigenvalue weighted by Crippen LogP contribution is -2.27. The molecule has 16 heavy (non-hydrogen) atoms. The third-order valence-corrected chi connectivity index (χ3v) is 3.17. The highest BCUT2D eigenvalue weighted by atomic mass is 16.5. The van der Waals surface area contributed by atoms with Gasteiger partial charge in [0.15, 0.2) is 0 Å². The zero-order valence-electron chi connectivity index (χ0n) is 9.66. The fraction of sp³-hybridized carbons (Fsp3) is 0.462. The van der Waals surface area contributed by atoms with E-state index in [0.29, 0.717) is 6.04 Å². The Kier molecular flexibility index (Phi) is 3.12. The average Bonchev–Trinajstić information content (AvgIpc) is 2.68. The molecule has 1 saturated heterocycles. The van der Waals surface area contributed by atoms with Crippen molar-refractivity contribution in [3.05, 3.63) is 29.3 Å². The van der Waals surface area contributed by atoms with Gasteiger partial charge in [0.25, 0.3) is 0 Å². The molecule has 1 heterocycles. The number of ether oxygens (including phenoxy) is 1. The van der Waals surface area contributed by atoms with Gasteiger partial charge in [0.2, 0.25) is 0 Å². The minimum atomic E-state index is 0.241. The second kappa shape index (κ2) is 4.54. The fourth-order valence-electron chi connectivity index (χ4n) is 2.03. The van der Waals surface area contributed by atoms with E-state index in [-0.39, 0.29) is 6.10 Å². The van der Waals surface area contributed by atoms with Crippen LogP contribution in [0.5, 0.6) is 0 Å². The van der Waals surface area contributed by atoms with Crippen LogP contribution in [0.15, 0.2) is 18.2 Å². The Hall–Kier alpha value is -1.53. The highest BCUT2D eigenvalue weighted by Crippen LogP contribution is 2.23. The molecule has 84 valence electrons. The minimum absolute atomic E-state index is 0.241. The van der Waals surface area contributed by atoms with Gasteiger partial charge in [-0.1, -0.05) is 6.07 Å². The third kappa shape index (κ3) is 2.02. The summed E-state index contributed by atoms with van der Waals surface area (Å²) in [5.41, 5.74) is 2.79. The van der Waals surface area contributed by atoms with Crippen molar-refractivity contribution in [3.63, 3.8) is 0 Å². The van der Waals surface area contributed by atoms with Crippen LogP contribution in [0.1, 0.15) is 24.5 Å². The Morgan fingerprint density at radius 3 is 2.94 bits per heavy atom. The second-order valence-electron chi connectivity index (χ2n) is 4.21. The smallest absolute Gasteiger partial charge is 0.0995 e. The van der Waals surface area contributed by atoms with Crippen LogP contribution in [0.2, 0.25) is 0 Å². The fourth-order valence-corrected chi connectivity index (χ4v) is 2.03. The molecule has 3 heteroatoms. The van der Waals surface area contributed by atoms with Crippen LogP contribution in [0, 0.1) is 18.3 Å². The summed E-state index contributed by atoms with van der Waals surface area (Å²) in [7, 11) is 0. The van der Waals surface area contributed by atoms with Crippen molar-refractivity contribution in [1.29, 1.82) is 5.26 Å². The van der Waals surface area contributed by atoms with Crippen molar-refractivity contribution in [2.45, 2.75) is 32.4 Å². The van der Waals surface area contributed by atoms with Crippen LogP contribution < -0.4 is 5.32 Å². The molecule has 0 bridgehead atoms. The highest BCUT2D eigenvalue weighted by Gasteiger charge is 2.24. The van der Waals surface area contributed by atoms with Crippen molar-refractivity contribution in [3.8, 4) is 6.07 Å². The first kappa shape index (κ1) is 11.0. The number of benzene rings is 1. The molecule has 2 atom stereocenters. The molecule has 0 saturated carbocycles. The average molecular weight is 216 g/mol. The predicted octanol–water partition coefficient (Wildman–Crippen LogP) is 2.46. The maximum atomic E-state index is 8.95. The van der Waals surface area contributed by atoms with E-state index in [4.69, 9.17) is 10.00 Å². The minimum Gasteiger partial charge on any atom is -0.379 e. The number of nitrogens with zero attached hydrogens (tertiary/aromatic N) is 1. The van der Waals surface area contributed by atoms with Gasteiger partial charge in [-0.15, -0.1) is 0 Å². The van der Waals surface area contributed by atoms with E-state index in [1.54, 1.807) is 0 Å². The summed E-state index contributed by atoms with van der Waals surface area (Å²) < 4.78 is 5.51. The van der Waals surface area contributed by atoms with Gasteiger partial charge in [-0.2, -0.15) is 5.26 Å². The lowest BCUT2D eigenvalue weighted by Gasteiger charge is -2.19. The molecule has 0 aromatic heterocycles. The number of nitrogens with one attached hydrogen (secondary N) is 1. The SMILES string of the molecule is Cc1c(C#N)cccc1NC1CCOC1C. The summed E-state index contributed by atoms with van der Waals surface area (Å²) in [4.78, 5) is 0. The number of hydrogen-bond donors (Lipinski definition) is 1. The zero-order valence-corrected chi connectivity index (χ0v) is 9.66. The van der Waals surface area contributed by atoms with Gasteiger partial charge < -0.3 is 10.1 Å². The topological polar surface area (TPSA) is 45.0 Å². The second-order valence-corrected chi connectivity index (χ2v) is 4.21. The van der Waals surface area contributed by atoms with Crippen LogP contribution in [-0.2, 0) is 4.74 Å². The molecule has 0 aliphatic carbocycles. The Morgan fingerprint density at radius 2 is 2.31 bits per heavy atom. The van der Waals surface area contributed by atoms with Crippen molar-refractivity contribution in [2.75, 3.05) is 11.9 Å². The van der Waals surface area contributed by atoms with Gasteiger partial charge in [-0.3, -0.25) is 0 Å². The molecular weight excluding hydrogens is 200 g/mol. The van der Waals surface area contributed by atoms with Crippen molar-refractivity contribution < 1.29 is 4.74 Å². The maximum absolute atomic E-state index is 8.95. The van der Waals surface area contributed by atoms with Crippen molar-refractivity contribution in [2.24, 2.45) is 0 Å². The molecule has 2 unspecified atom stereocenters. The van der Waals surface area contributed by atoms with E-state index >= 15 is 0 Å². The summed E-state index contributed by atoms with van der Waals surface area (Å²) in [6.07, 6.45) is 1.27. The number of hydrogen-bond acceptors (Lipinski definition) is 3. The van der Waals surface area contributed by atoms with E-state index in [9.17, 15) is 0 Å². The van der Waals surface area contributed by atoms with Crippen LogP contribution >= 0.6 is 0 Å². The Morgan fingerprint density at radius 1 is 1.50 bits per heavy atom. The van der Waals surface area contributed by atoms with Gasteiger partial charge in [0, 0.05) is 12.3 Å². The lowest BCUT2D eigenvalue weighted by molar-refractivity contribution is 0.121. The Labute approximate surface area is 96.0 Å². The molecule has 1 fully saturated rings. The van der Waals surface area contributed by atoms with Gasteiger partial charge in [-0.05, 0) is 38.0 Å². The first-order chi connectivity index (χ1) is 7.72. The normalized spacial score (nSPS) is 24.1. The molecule has 2 rings (SSSR count). The van der Waals surface area contributed by atoms with E-state index in [2.05, 4.69) is 18.3 Å². The standard InChI is InChI=1S/C13H16N2O/c1-9-11(8-14)4-3-5-12(9)15-13-6-7-16-10(13)2/h3-5,10,13,15H,6-7H2,1-2H3. The van der Waals surface area contributed by atoms with E-state index in [1.165, 1.54) is 0 Å². The molecule has 0 radical (unpaired) electrons. The largest absolute Gasteiger partial charge is 0.379 e. The van der Waals surface area contributed by atoms with E-state index in [0.717, 1.165) is 29.8 Å². The van der Waals surface area contributed by atoms with Gasteiger partial charge in [0.05, 0.1) is 23.8 Å². The quantitative estimate of drug-likeness (QED) is 0.826. The molecule has 1 aliphatic rings. The van der Waals surface area contributed by atoms with Crippen LogP contribution in [0.25, 0.3) is 0 Å². The van der Waals surface area contributed by atoms with Gasteiger partial charge >= 0.3 is 0 Å². The van der Waals surface area contributed by atoms with Gasteiger partial charge in [-0.25, -0.2) is 0 Å². The predicted molar refractivity (Wildman–Crippen MR) is 63.3 cm³/mol.